The van der Waals surface area contributed by atoms with Gasteiger partial charge < -0.3 is 4.90 Å². The van der Waals surface area contributed by atoms with Crippen LogP contribution in [0.1, 0.15) is 104 Å². The largest absolute Gasteiger partial charge is 0.340 e. The second-order valence-electron chi connectivity index (χ2n) is 6.75. The van der Waals surface area contributed by atoms with Crippen LogP contribution in [-0.2, 0) is 4.79 Å². The molecule has 1 unspecified atom stereocenters. The van der Waals surface area contributed by atoms with Gasteiger partial charge in [-0.1, -0.05) is 71.6 Å². The molecule has 2 heteroatoms. The van der Waals surface area contributed by atoms with E-state index in [2.05, 4.69) is 18.7 Å². The maximum absolute atomic E-state index is 12.2. The maximum Gasteiger partial charge on any atom is 0.222 e. The molecule has 1 rings (SSSR count). The van der Waals surface area contributed by atoms with Gasteiger partial charge in [0.2, 0.25) is 5.91 Å². The number of piperidine rings is 1. The first kappa shape index (κ1) is 18.5. The zero-order chi connectivity index (χ0) is 15.3. The predicted molar refractivity (Wildman–Crippen MR) is 91.5 cm³/mol. The van der Waals surface area contributed by atoms with Gasteiger partial charge in [0.1, 0.15) is 0 Å². The van der Waals surface area contributed by atoms with Gasteiger partial charge in [0.25, 0.3) is 0 Å². The molecule has 2 nitrogen and oxygen atoms in total. The first-order chi connectivity index (χ1) is 10.3. The van der Waals surface area contributed by atoms with Crippen LogP contribution < -0.4 is 0 Å². The molecular weight excluding hydrogens is 258 g/mol. The Balaban J connectivity index is 2.35. The summed E-state index contributed by atoms with van der Waals surface area (Å²) in [4.78, 5) is 14.4. The Morgan fingerprint density at radius 2 is 1.43 bits per heavy atom. The smallest absolute Gasteiger partial charge is 0.222 e. The van der Waals surface area contributed by atoms with Crippen LogP contribution in [0.15, 0.2) is 0 Å². The summed E-state index contributed by atoms with van der Waals surface area (Å²) in [7, 11) is 0. The number of unbranched alkanes of at least 4 members (excludes halogenated alkanes) is 7. The van der Waals surface area contributed by atoms with E-state index in [1.54, 1.807) is 0 Å². The molecule has 0 spiro atoms. The fourth-order valence-corrected chi connectivity index (χ4v) is 3.46. The highest BCUT2D eigenvalue weighted by molar-refractivity contribution is 5.77. The summed E-state index contributed by atoms with van der Waals surface area (Å²) in [5.41, 5.74) is 0. The van der Waals surface area contributed by atoms with Gasteiger partial charge in [0, 0.05) is 19.0 Å². The van der Waals surface area contributed by atoms with Crippen molar-refractivity contribution in [2.75, 3.05) is 6.54 Å². The van der Waals surface area contributed by atoms with Gasteiger partial charge in [-0.25, -0.2) is 0 Å². The lowest BCUT2D eigenvalue weighted by Crippen LogP contribution is -2.43. The normalized spacial score (nSPS) is 17.2. The lowest BCUT2D eigenvalue weighted by atomic mass is 9.97. The Bertz CT molecular complexity index is 264. The molecule has 1 heterocycles. The summed E-state index contributed by atoms with van der Waals surface area (Å²) in [5, 5.41) is 0. The van der Waals surface area contributed by atoms with Gasteiger partial charge in [-0.15, -0.1) is 0 Å². The number of rotatable bonds is 12. The second-order valence-corrected chi connectivity index (χ2v) is 6.75. The summed E-state index contributed by atoms with van der Waals surface area (Å²) in [6.45, 7) is 5.55. The fourth-order valence-electron chi connectivity index (χ4n) is 3.46. The maximum atomic E-state index is 12.2. The Morgan fingerprint density at radius 3 is 2.00 bits per heavy atom. The van der Waals surface area contributed by atoms with E-state index in [1.165, 1.54) is 77.0 Å². The molecule has 0 aromatic heterocycles. The van der Waals surface area contributed by atoms with E-state index in [0.717, 1.165) is 19.4 Å². The molecular formula is C19H37NO. The highest BCUT2D eigenvalue weighted by Gasteiger charge is 2.25. The predicted octanol–water partition coefficient (Wildman–Crippen LogP) is 5.70. The minimum absolute atomic E-state index is 0.426. The molecule has 1 amide bonds. The average molecular weight is 296 g/mol. The van der Waals surface area contributed by atoms with Crippen LogP contribution >= 0.6 is 0 Å². The van der Waals surface area contributed by atoms with E-state index in [-0.39, 0.29) is 0 Å². The Morgan fingerprint density at radius 1 is 0.857 bits per heavy atom. The van der Waals surface area contributed by atoms with E-state index in [0.29, 0.717) is 11.9 Å². The highest BCUT2D eigenvalue weighted by atomic mass is 16.2. The van der Waals surface area contributed by atoms with Crippen LogP contribution in [0.2, 0.25) is 0 Å². The van der Waals surface area contributed by atoms with Gasteiger partial charge in [-0.2, -0.15) is 0 Å². The van der Waals surface area contributed by atoms with Crippen LogP contribution in [0.5, 0.6) is 0 Å². The van der Waals surface area contributed by atoms with E-state index in [1.807, 2.05) is 0 Å². The first-order valence-corrected chi connectivity index (χ1v) is 9.59. The Hall–Kier alpha value is -0.530. The van der Waals surface area contributed by atoms with E-state index in [9.17, 15) is 4.79 Å². The zero-order valence-corrected chi connectivity index (χ0v) is 14.5. The summed E-state index contributed by atoms with van der Waals surface area (Å²) in [6, 6.07) is 0.538. The van der Waals surface area contributed by atoms with Crippen molar-refractivity contribution in [3.05, 3.63) is 0 Å². The number of nitrogens with zero attached hydrogens (tertiary/aromatic N) is 1. The van der Waals surface area contributed by atoms with Crippen molar-refractivity contribution in [2.24, 2.45) is 0 Å². The molecule has 0 aromatic carbocycles. The first-order valence-electron chi connectivity index (χ1n) is 9.59. The van der Waals surface area contributed by atoms with E-state index in [4.69, 9.17) is 0 Å². The topological polar surface area (TPSA) is 20.3 Å². The van der Waals surface area contributed by atoms with Crippen molar-refractivity contribution in [2.45, 2.75) is 110 Å². The molecule has 0 aromatic rings. The quantitative estimate of drug-likeness (QED) is 0.423. The Labute approximate surface area is 132 Å². The molecule has 1 atom stereocenters. The van der Waals surface area contributed by atoms with E-state index >= 15 is 0 Å². The van der Waals surface area contributed by atoms with E-state index < -0.39 is 0 Å². The molecule has 21 heavy (non-hydrogen) atoms. The summed E-state index contributed by atoms with van der Waals surface area (Å²) >= 11 is 0. The molecule has 0 saturated carbocycles. The Kier molecular flexibility index (Phi) is 10.6. The van der Waals surface area contributed by atoms with Crippen LogP contribution in [0.25, 0.3) is 0 Å². The molecule has 0 radical (unpaired) electrons. The molecule has 0 aliphatic carbocycles. The minimum atomic E-state index is 0.426. The number of hydrogen-bond acceptors (Lipinski definition) is 1. The van der Waals surface area contributed by atoms with Crippen LogP contribution in [-0.4, -0.2) is 23.4 Å². The van der Waals surface area contributed by atoms with Crippen molar-refractivity contribution in [3.63, 3.8) is 0 Å². The third-order valence-electron chi connectivity index (χ3n) is 4.83. The summed E-state index contributed by atoms with van der Waals surface area (Å²) < 4.78 is 0. The molecule has 0 bridgehead atoms. The third-order valence-corrected chi connectivity index (χ3v) is 4.83. The van der Waals surface area contributed by atoms with Crippen LogP contribution in [0.4, 0.5) is 0 Å². The monoisotopic (exact) mass is 295 g/mol. The molecule has 124 valence electrons. The van der Waals surface area contributed by atoms with Gasteiger partial charge in [-0.05, 0) is 25.7 Å². The fraction of sp³-hybridized carbons (Fsp3) is 0.947. The number of amides is 1. The van der Waals surface area contributed by atoms with Crippen molar-refractivity contribution >= 4 is 5.91 Å². The molecule has 0 N–H and O–H groups in total. The number of carbonyl (C=O) groups excluding carboxylic acids is 1. The van der Waals surface area contributed by atoms with Gasteiger partial charge in [0.15, 0.2) is 0 Å². The van der Waals surface area contributed by atoms with Crippen molar-refractivity contribution in [3.8, 4) is 0 Å². The zero-order valence-electron chi connectivity index (χ0n) is 14.5. The number of hydrogen-bond donors (Lipinski definition) is 0. The summed E-state index contributed by atoms with van der Waals surface area (Å²) in [6.07, 6.45) is 17.6. The minimum Gasteiger partial charge on any atom is -0.340 e. The number of carbonyl (C=O) groups is 1. The lowest BCUT2D eigenvalue weighted by Gasteiger charge is -2.35. The van der Waals surface area contributed by atoms with Gasteiger partial charge >= 0.3 is 0 Å². The highest BCUT2D eigenvalue weighted by Crippen LogP contribution is 2.22. The average Bonchev–Trinajstić information content (AvgIpc) is 2.50. The number of likely N-dealkylation sites (tertiary alicyclic amines) is 1. The van der Waals surface area contributed by atoms with Crippen molar-refractivity contribution in [1.29, 1.82) is 0 Å². The molecule has 1 aliphatic heterocycles. The molecule has 1 aliphatic rings. The van der Waals surface area contributed by atoms with Gasteiger partial charge in [0.05, 0.1) is 0 Å². The third kappa shape index (κ3) is 7.87. The summed E-state index contributed by atoms with van der Waals surface area (Å²) in [5.74, 6) is 0.426. The molecule has 1 fully saturated rings. The molecule has 1 saturated heterocycles. The lowest BCUT2D eigenvalue weighted by molar-refractivity contribution is -0.136. The van der Waals surface area contributed by atoms with Crippen molar-refractivity contribution < 1.29 is 4.79 Å². The van der Waals surface area contributed by atoms with Crippen LogP contribution in [0.3, 0.4) is 0 Å². The standard InChI is InChI=1S/C19H37NO/c1-3-5-7-9-11-15-18(14-10-8-6-4-2)20-17-13-12-16-19(20)21/h18H,3-17H2,1-2H3. The van der Waals surface area contributed by atoms with Crippen LogP contribution in [0, 0.1) is 0 Å². The van der Waals surface area contributed by atoms with Gasteiger partial charge in [-0.3, -0.25) is 4.79 Å². The second kappa shape index (κ2) is 12.1. The van der Waals surface area contributed by atoms with Crippen molar-refractivity contribution in [1.82, 2.24) is 4.90 Å². The SMILES string of the molecule is CCCCCCCC(CCCCCC)N1CCCCC1=O.